The van der Waals surface area contributed by atoms with Gasteiger partial charge in [-0.05, 0) is 37.0 Å². The molecule has 0 saturated heterocycles. The summed E-state index contributed by atoms with van der Waals surface area (Å²) in [5.74, 6) is 3.34. The van der Waals surface area contributed by atoms with Crippen LogP contribution in [0.2, 0.25) is 0 Å². The van der Waals surface area contributed by atoms with E-state index in [1.165, 1.54) is 19.3 Å². The highest BCUT2D eigenvalue weighted by Crippen LogP contribution is 2.35. The van der Waals surface area contributed by atoms with E-state index in [9.17, 15) is 0 Å². The molecule has 0 aliphatic heterocycles. The number of hydrogen-bond acceptors (Lipinski definition) is 2. The van der Waals surface area contributed by atoms with Gasteiger partial charge in [-0.1, -0.05) is 36.7 Å². The maximum Gasteiger partial charge on any atom is 0.138 e. The van der Waals surface area contributed by atoms with Gasteiger partial charge >= 0.3 is 0 Å². The maximum atomic E-state index is 4.45. The molecule has 0 bridgehead atoms. The van der Waals surface area contributed by atoms with Gasteiger partial charge in [0.15, 0.2) is 0 Å². The van der Waals surface area contributed by atoms with Crippen LogP contribution >= 0.6 is 15.9 Å². The first-order valence-electron chi connectivity index (χ1n) is 7.07. The predicted octanol–water partition coefficient (Wildman–Crippen LogP) is 3.68. The van der Waals surface area contributed by atoms with Gasteiger partial charge in [-0.25, -0.2) is 9.67 Å². The molecule has 3 nitrogen and oxygen atoms in total. The monoisotopic (exact) mass is 313 g/mol. The van der Waals surface area contributed by atoms with E-state index in [1.807, 2.05) is 0 Å². The molecule has 3 atom stereocenters. The van der Waals surface area contributed by atoms with Crippen LogP contribution in [-0.2, 0) is 13.0 Å². The summed E-state index contributed by atoms with van der Waals surface area (Å²) in [4.78, 5) is 5.10. The van der Waals surface area contributed by atoms with E-state index in [0.29, 0.717) is 16.7 Å². The van der Waals surface area contributed by atoms with Crippen molar-refractivity contribution in [3.05, 3.63) is 12.2 Å². The Balaban J connectivity index is 2.01. The van der Waals surface area contributed by atoms with Gasteiger partial charge in [0.25, 0.3) is 0 Å². The van der Waals surface area contributed by atoms with Crippen molar-refractivity contribution in [2.24, 2.45) is 17.8 Å². The number of rotatable bonds is 4. The zero-order chi connectivity index (χ0) is 13.1. The normalized spacial score (nSPS) is 28.8. The largest absolute Gasteiger partial charge is 0.250 e. The third kappa shape index (κ3) is 3.56. The van der Waals surface area contributed by atoms with Crippen LogP contribution in [-0.4, -0.2) is 19.6 Å². The number of nitrogens with zero attached hydrogens (tertiary/aromatic N) is 3. The lowest BCUT2D eigenvalue weighted by Gasteiger charge is -2.31. The Morgan fingerprint density at radius 2 is 2.22 bits per heavy atom. The van der Waals surface area contributed by atoms with E-state index in [-0.39, 0.29) is 0 Å². The second kappa shape index (κ2) is 6.18. The van der Waals surface area contributed by atoms with Crippen molar-refractivity contribution in [3.63, 3.8) is 0 Å². The van der Waals surface area contributed by atoms with Crippen LogP contribution in [0.3, 0.4) is 0 Å². The fraction of sp³-hybridized carbons (Fsp3) is 0.857. The molecule has 102 valence electrons. The fourth-order valence-electron chi connectivity index (χ4n) is 2.85. The van der Waals surface area contributed by atoms with Crippen molar-refractivity contribution in [1.29, 1.82) is 0 Å². The molecule has 3 unspecified atom stereocenters. The van der Waals surface area contributed by atoms with Gasteiger partial charge in [0.1, 0.15) is 12.2 Å². The Hall–Kier alpha value is -0.380. The molecule has 1 fully saturated rings. The highest BCUT2D eigenvalue weighted by molar-refractivity contribution is 9.09. The minimum Gasteiger partial charge on any atom is -0.250 e. The van der Waals surface area contributed by atoms with E-state index in [1.54, 1.807) is 6.33 Å². The van der Waals surface area contributed by atoms with Crippen LogP contribution in [0.5, 0.6) is 0 Å². The topological polar surface area (TPSA) is 30.7 Å². The highest BCUT2D eigenvalue weighted by atomic mass is 79.9. The minimum absolute atomic E-state index is 0.621. The van der Waals surface area contributed by atoms with Crippen LogP contribution in [0.15, 0.2) is 6.33 Å². The van der Waals surface area contributed by atoms with Crippen LogP contribution in [0.25, 0.3) is 0 Å². The average Bonchev–Trinajstić information content (AvgIpc) is 2.70. The van der Waals surface area contributed by atoms with Gasteiger partial charge < -0.3 is 0 Å². The molecule has 0 aromatic carbocycles. The molecular weight excluding hydrogens is 290 g/mol. The van der Waals surface area contributed by atoms with Gasteiger partial charge in [0.05, 0.1) is 0 Å². The summed E-state index contributed by atoms with van der Waals surface area (Å²) in [6.07, 6.45) is 6.72. The summed E-state index contributed by atoms with van der Waals surface area (Å²) in [5.41, 5.74) is 0. The van der Waals surface area contributed by atoms with Crippen molar-refractivity contribution in [1.82, 2.24) is 14.8 Å². The van der Waals surface area contributed by atoms with Gasteiger partial charge in [-0.2, -0.15) is 5.10 Å². The molecule has 1 aromatic heterocycles. The fourth-order valence-corrected chi connectivity index (χ4v) is 3.52. The van der Waals surface area contributed by atoms with Gasteiger partial charge in [-0.3, -0.25) is 0 Å². The van der Waals surface area contributed by atoms with Gasteiger partial charge in [0, 0.05) is 17.8 Å². The highest BCUT2D eigenvalue weighted by Gasteiger charge is 2.28. The van der Waals surface area contributed by atoms with E-state index < -0.39 is 0 Å². The molecule has 18 heavy (non-hydrogen) atoms. The van der Waals surface area contributed by atoms with Crippen LogP contribution in [0.4, 0.5) is 0 Å². The van der Waals surface area contributed by atoms with Crippen LogP contribution < -0.4 is 0 Å². The lowest BCUT2D eigenvalue weighted by Crippen LogP contribution is -2.27. The zero-order valence-electron chi connectivity index (χ0n) is 11.6. The molecule has 0 spiro atoms. The molecule has 0 amide bonds. The second-order valence-corrected chi connectivity index (χ2v) is 7.33. The minimum atomic E-state index is 0.621. The molecule has 2 rings (SSSR count). The Bertz CT molecular complexity index is 375. The van der Waals surface area contributed by atoms with Crippen molar-refractivity contribution in [2.45, 2.75) is 57.8 Å². The van der Waals surface area contributed by atoms with Crippen molar-refractivity contribution in [3.8, 4) is 0 Å². The Kier molecular flexibility index (Phi) is 4.82. The van der Waals surface area contributed by atoms with Crippen molar-refractivity contribution in [2.75, 3.05) is 0 Å². The number of hydrogen-bond donors (Lipinski definition) is 0. The summed E-state index contributed by atoms with van der Waals surface area (Å²) < 4.78 is 2.09. The third-order valence-corrected chi connectivity index (χ3v) is 5.04. The maximum absolute atomic E-state index is 4.45. The smallest absolute Gasteiger partial charge is 0.138 e. The molecule has 0 radical (unpaired) electrons. The molecule has 1 heterocycles. The first kappa shape index (κ1) is 14.0. The number of halogens is 1. The lowest BCUT2D eigenvalue weighted by molar-refractivity contribution is 0.286. The van der Waals surface area contributed by atoms with Crippen molar-refractivity contribution >= 4 is 15.9 Å². The van der Waals surface area contributed by atoms with E-state index >= 15 is 0 Å². The standard InChI is InChI=1S/C14H24BrN3/c1-10(2)8-18-14(16-9-17-18)7-12-6-11(3)4-5-13(12)15/h9-13H,4-8H2,1-3H3. The molecule has 1 aliphatic carbocycles. The van der Waals surface area contributed by atoms with E-state index in [4.69, 9.17) is 0 Å². The van der Waals surface area contributed by atoms with E-state index in [0.717, 1.165) is 24.7 Å². The molecule has 0 N–H and O–H groups in total. The first-order valence-corrected chi connectivity index (χ1v) is 7.98. The zero-order valence-corrected chi connectivity index (χ0v) is 13.2. The predicted molar refractivity (Wildman–Crippen MR) is 77.8 cm³/mol. The summed E-state index contributed by atoms with van der Waals surface area (Å²) in [7, 11) is 0. The molecule has 4 heteroatoms. The van der Waals surface area contributed by atoms with Crippen LogP contribution in [0.1, 0.15) is 45.9 Å². The average molecular weight is 314 g/mol. The quantitative estimate of drug-likeness (QED) is 0.794. The summed E-state index contributed by atoms with van der Waals surface area (Å²) in [5, 5.41) is 4.36. The molecule has 1 aromatic rings. The number of alkyl halides is 1. The number of aromatic nitrogens is 3. The Labute approximate surface area is 118 Å². The molecular formula is C14H24BrN3. The third-order valence-electron chi connectivity index (χ3n) is 3.83. The van der Waals surface area contributed by atoms with E-state index in [2.05, 4.69) is 51.5 Å². The Morgan fingerprint density at radius 3 is 2.94 bits per heavy atom. The summed E-state index contributed by atoms with van der Waals surface area (Å²) in [6.45, 7) is 7.79. The van der Waals surface area contributed by atoms with Gasteiger partial charge in [0.2, 0.25) is 0 Å². The SMILES string of the molecule is CC(C)Cn1ncnc1CC1CC(C)CCC1Br. The Morgan fingerprint density at radius 1 is 1.44 bits per heavy atom. The molecule has 1 aliphatic rings. The molecule has 1 saturated carbocycles. The summed E-state index contributed by atoms with van der Waals surface area (Å²) in [6, 6.07) is 0. The van der Waals surface area contributed by atoms with Crippen molar-refractivity contribution < 1.29 is 0 Å². The summed E-state index contributed by atoms with van der Waals surface area (Å²) >= 11 is 3.85. The van der Waals surface area contributed by atoms with Gasteiger partial charge in [-0.15, -0.1) is 0 Å². The second-order valence-electron chi connectivity index (χ2n) is 6.15. The van der Waals surface area contributed by atoms with Crippen LogP contribution in [0, 0.1) is 17.8 Å². The lowest BCUT2D eigenvalue weighted by atomic mass is 9.80. The first-order chi connectivity index (χ1) is 8.56.